The van der Waals surface area contributed by atoms with Crippen molar-refractivity contribution in [2.24, 2.45) is 0 Å². The van der Waals surface area contributed by atoms with Crippen molar-refractivity contribution in [3.05, 3.63) is 230 Å². The van der Waals surface area contributed by atoms with Crippen molar-refractivity contribution in [2.75, 3.05) is 9.80 Å². The van der Waals surface area contributed by atoms with E-state index in [-0.39, 0.29) is 0 Å². The van der Waals surface area contributed by atoms with Crippen LogP contribution in [0.1, 0.15) is 11.1 Å². The summed E-state index contributed by atoms with van der Waals surface area (Å²) in [5, 5.41) is 2.54. The molecule has 1 aliphatic heterocycles. The van der Waals surface area contributed by atoms with Gasteiger partial charge in [-0.25, -0.2) is 0 Å². The Hall–Kier alpha value is -7.16. The van der Waals surface area contributed by atoms with Crippen LogP contribution >= 0.6 is 0 Å². The Labute approximate surface area is 322 Å². The van der Waals surface area contributed by atoms with Gasteiger partial charge in [-0.1, -0.05) is 146 Å². The Morgan fingerprint density at radius 1 is 0.345 bits per heavy atom. The summed E-state index contributed by atoms with van der Waals surface area (Å²) >= 11 is 0. The van der Waals surface area contributed by atoms with Crippen LogP contribution in [0.3, 0.4) is 0 Å². The molecule has 9 aromatic rings. The van der Waals surface area contributed by atoms with Crippen LogP contribution in [-0.4, -0.2) is 0 Å². The third-order valence-electron chi connectivity index (χ3n) is 10.8. The first-order chi connectivity index (χ1) is 27.3. The van der Waals surface area contributed by atoms with Crippen molar-refractivity contribution in [1.82, 2.24) is 0 Å². The molecular formula is C53H38N2. The Balaban J connectivity index is 1.01. The monoisotopic (exact) mass is 702 g/mol. The molecule has 0 unspecified atom stereocenters. The summed E-state index contributed by atoms with van der Waals surface area (Å²) in [6, 6.07) is 79.0. The summed E-state index contributed by atoms with van der Waals surface area (Å²) in [6.45, 7) is 0. The third-order valence-corrected chi connectivity index (χ3v) is 10.8. The first-order valence-electron chi connectivity index (χ1n) is 19.0. The molecule has 0 saturated carbocycles. The largest absolute Gasteiger partial charge is 0.311 e. The highest BCUT2D eigenvalue weighted by molar-refractivity contribution is 5.97. The average molecular weight is 703 g/mol. The molecule has 1 heterocycles. The number of hydrogen-bond acceptors (Lipinski definition) is 2. The van der Waals surface area contributed by atoms with Crippen molar-refractivity contribution < 1.29 is 0 Å². The van der Waals surface area contributed by atoms with Crippen LogP contribution in [0.4, 0.5) is 34.1 Å². The van der Waals surface area contributed by atoms with Gasteiger partial charge in [-0.15, -0.1) is 0 Å². The van der Waals surface area contributed by atoms with Gasteiger partial charge in [-0.2, -0.15) is 0 Å². The Morgan fingerprint density at radius 2 is 0.818 bits per heavy atom. The zero-order valence-corrected chi connectivity index (χ0v) is 30.4. The van der Waals surface area contributed by atoms with Gasteiger partial charge in [0, 0.05) is 40.5 Å². The van der Waals surface area contributed by atoms with Crippen LogP contribution in [0.15, 0.2) is 218 Å². The molecular weight excluding hydrogens is 665 g/mol. The molecule has 55 heavy (non-hydrogen) atoms. The van der Waals surface area contributed by atoms with Gasteiger partial charge in [0.1, 0.15) is 0 Å². The number of hydrogen-bond donors (Lipinski definition) is 0. The van der Waals surface area contributed by atoms with E-state index in [0.29, 0.717) is 0 Å². The average Bonchev–Trinajstić information content (AvgIpc) is 3.26. The van der Waals surface area contributed by atoms with Crippen LogP contribution in [0.25, 0.3) is 44.2 Å². The number of rotatable bonds is 7. The van der Waals surface area contributed by atoms with Crippen LogP contribution in [0.2, 0.25) is 0 Å². The second-order valence-electron chi connectivity index (χ2n) is 14.2. The van der Waals surface area contributed by atoms with Gasteiger partial charge in [0.25, 0.3) is 0 Å². The van der Waals surface area contributed by atoms with Gasteiger partial charge in [-0.3, -0.25) is 0 Å². The zero-order chi connectivity index (χ0) is 36.6. The molecule has 260 valence electrons. The smallest absolute Gasteiger partial charge is 0.0497 e. The zero-order valence-electron chi connectivity index (χ0n) is 30.4. The van der Waals surface area contributed by atoms with Crippen LogP contribution < -0.4 is 9.80 Å². The molecule has 2 nitrogen and oxygen atoms in total. The lowest BCUT2D eigenvalue weighted by Gasteiger charge is -2.34. The van der Waals surface area contributed by atoms with E-state index < -0.39 is 0 Å². The molecule has 1 aliphatic rings. The van der Waals surface area contributed by atoms with Crippen LogP contribution in [0, 0.1) is 0 Å². The standard InChI is InChI=1S/C53H38N2/c1-4-13-38(14-5-1)39-23-29-48(30-24-39)54(46-17-6-2-7-18-46)49-31-25-40(26-32-49)42-27-33-52-44(35-42)37-45-36-43(51-22-12-16-41-15-10-11-21-50(41)51)28-34-53(45)55(52)47-19-8-3-9-20-47/h1-36H,37H2. The predicted octanol–water partition coefficient (Wildman–Crippen LogP) is 14.7. The minimum Gasteiger partial charge on any atom is -0.311 e. The van der Waals surface area contributed by atoms with E-state index >= 15 is 0 Å². The molecule has 0 radical (unpaired) electrons. The van der Waals surface area contributed by atoms with Gasteiger partial charge < -0.3 is 9.80 Å². The first-order valence-corrected chi connectivity index (χ1v) is 19.0. The van der Waals surface area contributed by atoms with Gasteiger partial charge in [0.2, 0.25) is 0 Å². The predicted molar refractivity (Wildman–Crippen MR) is 232 cm³/mol. The quantitative estimate of drug-likeness (QED) is 0.163. The number of nitrogens with zero attached hydrogens (tertiary/aromatic N) is 2. The highest BCUT2D eigenvalue weighted by atomic mass is 15.2. The maximum absolute atomic E-state index is 2.43. The van der Waals surface area contributed by atoms with Gasteiger partial charge in [0.15, 0.2) is 0 Å². The van der Waals surface area contributed by atoms with E-state index in [1.807, 2.05) is 0 Å². The highest BCUT2D eigenvalue weighted by Gasteiger charge is 2.25. The fourth-order valence-electron chi connectivity index (χ4n) is 8.17. The molecule has 0 atom stereocenters. The van der Waals surface area contributed by atoms with Crippen LogP contribution in [-0.2, 0) is 6.42 Å². The lowest BCUT2D eigenvalue weighted by atomic mass is 9.89. The third kappa shape index (κ3) is 6.14. The van der Waals surface area contributed by atoms with E-state index in [9.17, 15) is 0 Å². The SMILES string of the molecule is c1ccc(-c2ccc(N(c3ccccc3)c3ccc(-c4ccc5c(c4)Cc4cc(-c6cccc7ccccc67)ccc4N5c4ccccc4)cc3)cc2)cc1. The normalized spacial score (nSPS) is 11.9. The first kappa shape index (κ1) is 32.5. The van der Waals surface area contributed by atoms with Gasteiger partial charge in [0.05, 0.1) is 0 Å². The van der Waals surface area contributed by atoms with Crippen molar-refractivity contribution in [3.8, 4) is 33.4 Å². The molecule has 0 spiro atoms. The van der Waals surface area contributed by atoms with E-state index in [1.165, 1.54) is 66.7 Å². The van der Waals surface area contributed by atoms with Crippen molar-refractivity contribution in [1.29, 1.82) is 0 Å². The molecule has 0 bridgehead atoms. The maximum atomic E-state index is 2.43. The van der Waals surface area contributed by atoms with E-state index in [2.05, 4.69) is 228 Å². The summed E-state index contributed by atoms with van der Waals surface area (Å²) in [7, 11) is 0. The van der Waals surface area contributed by atoms with Crippen molar-refractivity contribution >= 4 is 44.9 Å². The van der Waals surface area contributed by atoms with E-state index in [0.717, 1.165) is 29.2 Å². The maximum Gasteiger partial charge on any atom is 0.0497 e. The number of anilines is 6. The molecule has 0 aromatic heterocycles. The van der Waals surface area contributed by atoms with Gasteiger partial charge in [-0.05, 0) is 128 Å². The van der Waals surface area contributed by atoms with Crippen LogP contribution in [0.5, 0.6) is 0 Å². The molecule has 9 aromatic carbocycles. The fraction of sp³-hybridized carbons (Fsp3) is 0.0189. The van der Waals surface area contributed by atoms with Crippen molar-refractivity contribution in [3.63, 3.8) is 0 Å². The second kappa shape index (κ2) is 14.0. The highest BCUT2D eigenvalue weighted by Crippen LogP contribution is 2.46. The molecule has 0 fully saturated rings. The fourth-order valence-corrected chi connectivity index (χ4v) is 8.17. The number of benzene rings is 9. The number of para-hydroxylation sites is 2. The lowest BCUT2D eigenvalue weighted by molar-refractivity contribution is 1.09. The molecule has 0 N–H and O–H groups in total. The summed E-state index contributed by atoms with van der Waals surface area (Å²) in [5.74, 6) is 0. The summed E-state index contributed by atoms with van der Waals surface area (Å²) in [6.07, 6.45) is 0.860. The molecule has 0 amide bonds. The minimum atomic E-state index is 0.860. The second-order valence-corrected chi connectivity index (χ2v) is 14.2. The molecule has 10 rings (SSSR count). The topological polar surface area (TPSA) is 6.48 Å². The summed E-state index contributed by atoms with van der Waals surface area (Å²) in [5.41, 5.74) is 17.0. The van der Waals surface area contributed by atoms with E-state index in [1.54, 1.807) is 0 Å². The molecule has 0 aliphatic carbocycles. The molecule has 0 saturated heterocycles. The lowest BCUT2D eigenvalue weighted by Crippen LogP contribution is -2.18. The molecule has 2 heteroatoms. The Bertz CT molecular complexity index is 2750. The van der Waals surface area contributed by atoms with E-state index in [4.69, 9.17) is 0 Å². The number of fused-ring (bicyclic) bond motifs is 3. The minimum absolute atomic E-state index is 0.860. The van der Waals surface area contributed by atoms with Crippen molar-refractivity contribution in [2.45, 2.75) is 6.42 Å². The van der Waals surface area contributed by atoms with Gasteiger partial charge >= 0.3 is 0 Å². The Kier molecular flexibility index (Phi) is 8.27. The summed E-state index contributed by atoms with van der Waals surface area (Å²) in [4.78, 5) is 4.75. The summed E-state index contributed by atoms with van der Waals surface area (Å²) < 4.78 is 0. The Morgan fingerprint density at radius 3 is 1.49 bits per heavy atom.